The van der Waals surface area contributed by atoms with Crippen molar-refractivity contribution in [2.24, 2.45) is 0 Å². The Labute approximate surface area is 151 Å². The van der Waals surface area contributed by atoms with Crippen LogP contribution in [0.2, 0.25) is 0 Å². The maximum atomic E-state index is 12.4. The smallest absolute Gasteiger partial charge is 0.250 e. The van der Waals surface area contributed by atoms with Gasteiger partial charge in [0.25, 0.3) is 0 Å². The van der Waals surface area contributed by atoms with Gasteiger partial charge in [-0.25, -0.2) is 13.1 Å². The van der Waals surface area contributed by atoms with Crippen LogP contribution in [0.25, 0.3) is 11.1 Å². The molecule has 0 saturated carbocycles. The zero-order valence-electron chi connectivity index (χ0n) is 13.5. The third-order valence-corrected chi connectivity index (χ3v) is 7.22. The van der Waals surface area contributed by atoms with E-state index in [0.717, 1.165) is 22.4 Å². The zero-order chi connectivity index (χ0) is 17.3. The van der Waals surface area contributed by atoms with Gasteiger partial charge in [0.2, 0.25) is 10.0 Å². The van der Waals surface area contributed by atoms with Gasteiger partial charge in [0.15, 0.2) is 0 Å². The molecule has 1 aromatic heterocycles. The molecule has 1 aliphatic heterocycles. The van der Waals surface area contributed by atoms with E-state index in [1.54, 1.807) is 17.5 Å². The van der Waals surface area contributed by atoms with Gasteiger partial charge in [-0.05, 0) is 46.7 Å². The molecule has 6 heteroatoms. The fourth-order valence-corrected chi connectivity index (χ4v) is 5.34. The number of sulfonamides is 1. The van der Waals surface area contributed by atoms with Crippen LogP contribution >= 0.6 is 11.3 Å². The standard InChI is InChI=1S/C19H18N2O2S2/c22-25(23,19-7-4-10-24-19)21-17-12-16-11-15(8-9-18(16)20-13-17)14-5-2-1-3-6-14/h1-11,17,20-21H,12-13H2. The van der Waals surface area contributed by atoms with Crippen LogP contribution in [-0.2, 0) is 16.4 Å². The molecule has 0 aliphatic carbocycles. The molecular formula is C19H18N2O2S2. The summed E-state index contributed by atoms with van der Waals surface area (Å²) in [6.07, 6.45) is 0.674. The summed E-state index contributed by atoms with van der Waals surface area (Å²) in [5.74, 6) is 0. The summed E-state index contributed by atoms with van der Waals surface area (Å²) in [4.78, 5) is 0. The minimum absolute atomic E-state index is 0.161. The molecule has 2 aromatic carbocycles. The van der Waals surface area contributed by atoms with Crippen molar-refractivity contribution in [1.29, 1.82) is 0 Å². The minimum Gasteiger partial charge on any atom is -0.383 e. The lowest BCUT2D eigenvalue weighted by Gasteiger charge is -2.27. The van der Waals surface area contributed by atoms with Crippen LogP contribution in [0.15, 0.2) is 70.3 Å². The number of fused-ring (bicyclic) bond motifs is 1. The molecule has 25 heavy (non-hydrogen) atoms. The maximum Gasteiger partial charge on any atom is 0.250 e. The van der Waals surface area contributed by atoms with Crippen LogP contribution in [0.5, 0.6) is 0 Å². The first kappa shape index (κ1) is 16.3. The number of hydrogen-bond donors (Lipinski definition) is 2. The second-order valence-corrected chi connectivity index (χ2v) is 8.96. The third-order valence-electron chi connectivity index (χ3n) is 4.30. The van der Waals surface area contributed by atoms with E-state index in [1.807, 2.05) is 18.2 Å². The van der Waals surface area contributed by atoms with Crippen molar-refractivity contribution in [3.8, 4) is 11.1 Å². The first-order chi connectivity index (χ1) is 12.1. The summed E-state index contributed by atoms with van der Waals surface area (Å²) in [5.41, 5.74) is 4.51. The van der Waals surface area contributed by atoms with Crippen molar-refractivity contribution in [1.82, 2.24) is 4.72 Å². The van der Waals surface area contributed by atoms with Crippen molar-refractivity contribution in [2.45, 2.75) is 16.7 Å². The maximum absolute atomic E-state index is 12.4. The summed E-state index contributed by atoms with van der Waals surface area (Å²) in [7, 11) is -3.45. The lowest BCUT2D eigenvalue weighted by atomic mass is 9.95. The SMILES string of the molecule is O=S(=O)(NC1CNc2ccc(-c3ccccc3)cc2C1)c1cccs1. The number of rotatable bonds is 4. The molecule has 0 saturated heterocycles. The normalized spacial score (nSPS) is 16.9. The minimum atomic E-state index is -3.45. The molecule has 128 valence electrons. The van der Waals surface area contributed by atoms with Gasteiger partial charge in [0.1, 0.15) is 4.21 Å². The van der Waals surface area contributed by atoms with Gasteiger partial charge in [0.05, 0.1) is 0 Å². The molecule has 0 radical (unpaired) electrons. The molecule has 1 unspecified atom stereocenters. The van der Waals surface area contributed by atoms with E-state index >= 15 is 0 Å². The highest BCUT2D eigenvalue weighted by Gasteiger charge is 2.25. The molecular weight excluding hydrogens is 352 g/mol. The molecule has 0 amide bonds. The van der Waals surface area contributed by atoms with Gasteiger partial charge >= 0.3 is 0 Å². The van der Waals surface area contributed by atoms with Crippen LogP contribution < -0.4 is 10.0 Å². The van der Waals surface area contributed by atoms with Gasteiger partial charge in [-0.3, -0.25) is 0 Å². The van der Waals surface area contributed by atoms with E-state index in [9.17, 15) is 8.42 Å². The molecule has 0 fully saturated rings. The second kappa shape index (κ2) is 6.63. The highest BCUT2D eigenvalue weighted by Crippen LogP contribution is 2.29. The van der Waals surface area contributed by atoms with Gasteiger partial charge in [-0.2, -0.15) is 0 Å². The average molecular weight is 370 g/mol. The first-order valence-corrected chi connectivity index (χ1v) is 10.5. The van der Waals surface area contributed by atoms with E-state index in [-0.39, 0.29) is 6.04 Å². The van der Waals surface area contributed by atoms with E-state index in [1.165, 1.54) is 11.3 Å². The topological polar surface area (TPSA) is 58.2 Å². The Balaban J connectivity index is 1.56. The van der Waals surface area contributed by atoms with Crippen molar-refractivity contribution in [2.75, 3.05) is 11.9 Å². The Morgan fingerprint density at radius 3 is 2.60 bits per heavy atom. The monoisotopic (exact) mass is 370 g/mol. The molecule has 2 heterocycles. The van der Waals surface area contributed by atoms with E-state index < -0.39 is 10.0 Å². The third kappa shape index (κ3) is 3.46. The Morgan fingerprint density at radius 2 is 1.84 bits per heavy atom. The van der Waals surface area contributed by atoms with Crippen LogP contribution in [0, 0.1) is 0 Å². The first-order valence-electron chi connectivity index (χ1n) is 8.10. The largest absolute Gasteiger partial charge is 0.383 e. The second-order valence-electron chi connectivity index (χ2n) is 6.07. The van der Waals surface area contributed by atoms with Gasteiger partial charge in [-0.1, -0.05) is 42.5 Å². The number of thiophene rings is 1. The summed E-state index contributed by atoms with van der Waals surface area (Å²) in [5, 5.41) is 5.11. The quantitative estimate of drug-likeness (QED) is 0.736. The Hall–Kier alpha value is -2.15. The molecule has 0 bridgehead atoms. The highest BCUT2D eigenvalue weighted by molar-refractivity contribution is 7.91. The van der Waals surface area contributed by atoms with Crippen molar-refractivity contribution in [3.05, 3.63) is 71.6 Å². The summed E-state index contributed by atoms with van der Waals surface area (Å²) >= 11 is 1.23. The van der Waals surface area contributed by atoms with Crippen LogP contribution in [0.4, 0.5) is 5.69 Å². The van der Waals surface area contributed by atoms with Gasteiger partial charge in [0, 0.05) is 18.3 Å². The summed E-state index contributed by atoms with van der Waals surface area (Å²) in [6.45, 7) is 0.586. The summed E-state index contributed by atoms with van der Waals surface area (Å²) in [6, 6.07) is 19.7. The number of benzene rings is 2. The molecule has 3 aromatic rings. The van der Waals surface area contributed by atoms with Crippen LogP contribution in [0.3, 0.4) is 0 Å². The molecule has 2 N–H and O–H groups in total. The fourth-order valence-electron chi connectivity index (χ4n) is 3.09. The average Bonchev–Trinajstić information content (AvgIpc) is 3.17. The predicted molar refractivity (Wildman–Crippen MR) is 103 cm³/mol. The Kier molecular flexibility index (Phi) is 4.33. The number of hydrogen-bond acceptors (Lipinski definition) is 4. The molecule has 1 aliphatic rings. The number of anilines is 1. The fraction of sp³-hybridized carbons (Fsp3) is 0.158. The van der Waals surface area contributed by atoms with Gasteiger partial charge in [-0.15, -0.1) is 11.3 Å². The van der Waals surface area contributed by atoms with Gasteiger partial charge < -0.3 is 5.32 Å². The molecule has 4 nitrogen and oxygen atoms in total. The summed E-state index contributed by atoms with van der Waals surface area (Å²) < 4.78 is 28.0. The van der Waals surface area contributed by atoms with Crippen molar-refractivity contribution in [3.63, 3.8) is 0 Å². The lowest BCUT2D eigenvalue weighted by Crippen LogP contribution is -2.43. The van der Waals surface area contributed by atoms with Crippen LogP contribution in [0.1, 0.15) is 5.56 Å². The Bertz CT molecular complexity index is 968. The zero-order valence-corrected chi connectivity index (χ0v) is 15.1. The highest BCUT2D eigenvalue weighted by atomic mass is 32.2. The van der Waals surface area contributed by atoms with E-state index in [4.69, 9.17) is 0 Å². The molecule has 1 atom stereocenters. The van der Waals surface area contributed by atoms with E-state index in [0.29, 0.717) is 17.2 Å². The molecule has 0 spiro atoms. The predicted octanol–water partition coefficient (Wildman–Crippen LogP) is 3.73. The number of nitrogens with one attached hydrogen (secondary N) is 2. The van der Waals surface area contributed by atoms with Crippen molar-refractivity contribution < 1.29 is 8.42 Å². The van der Waals surface area contributed by atoms with Crippen LogP contribution in [-0.4, -0.2) is 21.0 Å². The van der Waals surface area contributed by atoms with E-state index in [2.05, 4.69) is 40.4 Å². The molecule has 4 rings (SSSR count). The van der Waals surface area contributed by atoms with Crippen molar-refractivity contribution >= 4 is 27.0 Å². The lowest BCUT2D eigenvalue weighted by molar-refractivity contribution is 0.550. The Morgan fingerprint density at radius 1 is 1.00 bits per heavy atom.